The van der Waals surface area contributed by atoms with Crippen molar-refractivity contribution in [2.75, 3.05) is 6.54 Å². The molecule has 3 atom stereocenters. The fourth-order valence-electron chi connectivity index (χ4n) is 3.78. The molecule has 8 heteroatoms. The van der Waals surface area contributed by atoms with Crippen molar-refractivity contribution < 1.29 is 22.8 Å². The van der Waals surface area contributed by atoms with Crippen molar-refractivity contribution in [2.24, 2.45) is 11.8 Å². The molecule has 21 heavy (non-hydrogen) atoms. The largest absolute Gasteiger partial charge is 0.480 e. The van der Waals surface area contributed by atoms with Gasteiger partial charge in [-0.2, -0.15) is 4.31 Å². The second-order valence-electron chi connectivity index (χ2n) is 5.87. The number of aromatic nitrogens is 1. The molecule has 3 unspecified atom stereocenters. The molecule has 1 aliphatic heterocycles. The molecule has 2 fully saturated rings. The zero-order chi connectivity index (χ0) is 15.4. The molecule has 1 aromatic heterocycles. The van der Waals surface area contributed by atoms with Crippen molar-refractivity contribution in [3.8, 4) is 0 Å². The van der Waals surface area contributed by atoms with Crippen molar-refractivity contribution in [1.29, 1.82) is 0 Å². The lowest BCUT2D eigenvalue weighted by atomic mass is 9.94. The molecule has 1 aromatic rings. The van der Waals surface area contributed by atoms with Crippen LogP contribution in [0.25, 0.3) is 0 Å². The molecule has 2 aliphatic rings. The van der Waals surface area contributed by atoms with Crippen molar-refractivity contribution in [2.45, 2.75) is 44.0 Å². The molecule has 0 spiro atoms. The van der Waals surface area contributed by atoms with E-state index < -0.39 is 22.0 Å². The lowest BCUT2D eigenvalue weighted by Gasteiger charge is -2.23. The Hall–Kier alpha value is -1.41. The van der Waals surface area contributed by atoms with E-state index in [1.165, 1.54) is 6.92 Å². The van der Waals surface area contributed by atoms with Gasteiger partial charge in [0.15, 0.2) is 5.76 Å². The lowest BCUT2D eigenvalue weighted by Crippen LogP contribution is -2.43. The topological polar surface area (TPSA) is 101 Å². The van der Waals surface area contributed by atoms with Crippen LogP contribution in [-0.4, -0.2) is 41.5 Å². The standard InChI is InChI=1S/C13H18N2O5S/c1-7-12(8(2)20-14-7)21(18,19)15-6-9-4-3-5-10(9)11(15)13(16)17/h9-11H,3-6H2,1-2H3,(H,16,17). The third-order valence-electron chi connectivity index (χ3n) is 4.64. The zero-order valence-corrected chi connectivity index (χ0v) is 12.8. The number of hydrogen-bond acceptors (Lipinski definition) is 5. The molecule has 0 aromatic carbocycles. The Bertz CT molecular complexity index is 661. The van der Waals surface area contributed by atoms with Gasteiger partial charge in [0.2, 0.25) is 10.0 Å². The normalized spacial score (nSPS) is 29.7. The van der Waals surface area contributed by atoms with Crippen molar-refractivity contribution in [1.82, 2.24) is 9.46 Å². The van der Waals surface area contributed by atoms with Crippen molar-refractivity contribution in [3.05, 3.63) is 11.5 Å². The average Bonchev–Trinajstić information content (AvgIpc) is 3.02. The van der Waals surface area contributed by atoms with Crippen LogP contribution in [0.5, 0.6) is 0 Å². The minimum absolute atomic E-state index is 0.00808. The van der Waals surface area contributed by atoms with Gasteiger partial charge in [-0.15, -0.1) is 0 Å². The number of aliphatic carboxylic acids is 1. The number of carboxylic acids is 1. The van der Waals surface area contributed by atoms with Gasteiger partial charge in [0.05, 0.1) is 0 Å². The van der Waals surface area contributed by atoms with E-state index in [9.17, 15) is 18.3 Å². The predicted molar refractivity (Wildman–Crippen MR) is 72.1 cm³/mol. The third kappa shape index (κ3) is 2.08. The highest BCUT2D eigenvalue weighted by molar-refractivity contribution is 7.89. The summed E-state index contributed by atoms with van der Waals surface area (Å²) >= 11 is 0. The maximum Gasteiger partial charge on any atom is 0.322 e. The Morgan fingerprint density at radius 2 is 2.10 bits per heavy atom. The molecule has 0 radical (unpaired) electrons. The maximum absolute atomic E-state index is 12.8. The van der Waals surface area contributed by atoms with E-state index in [-0.39, 0.29) is 34.7 Å². The van der Waals surface area contributed by atoms with Gasteiger partial charge in [-0.25, -0.2) is 8.42 Å². The smallest absolute Gasteiger partial charge is 0.322 e. The third-order valence-corrected chi connectivity index (χ3v) is 6.73. The van der Waals surface area contributed by atoms with E-state index in [0.717, 1.165) is 23.6 Å². The Labute approximate surface area is 123 Å². The number of carboxylic acid groups (broad SMARTS) is 1. The number of hydrogen-bond donors (Lipinski definition) is 1. The quantitative estimate of drug-likeness (QED) is 0.898. The zero-order valence-electron chi connectivity index (χ0n) is 11.9. The maximum atomic E-state index is 12.8. The van der Waals surface area contributed by atoms with Gasteiger partial charge >= 0.3 is 5.97 Å². The number of aryl methyl sites for hydroxylation is 2. The van der Waals surface area contributed by atoms with Crippen LogP contribution in [-0.2, 0) is 14.8 Å². The molecule has 1 N–H and O–H groups in total. The summed E-state index contributed by atoms with van der Waals surface area (Å²) in [5, 5.41) is 13.2. The van der Waals surface area contributed by atoms with Crippen LogP contribution in [0, 0.1) is 25.7 Å². The van der Waals surface area contributed by atoms with Gasteiger partial charge in [0.1, 0.15) is 16.6 Å². The highest BCUT2D eigenvalue weighted by Gasteiger charge is 2.53. The number of fused-ring (bicyclic) bond motifs is 1. The molecule has 3 rings (SSSR count). The molecular weight excluding hydrogens is 296 g/mol. The summed E-state index contributed by atoms with van der Waals surface area (Å²) in [5.41, 5.74) is 0.272. The van der Waals surface area contributed by atoms with Crippen LogP contribution in [0.3, 0.4) is 0 Å². The molecule has 0 bridgehead atoms. The van der Waals surface area contributed by atoms with E-state index in [2.05, 4.69) is 5.16 Å². The summed E-state index contributed by atoms with van der Waals surface area (Å²) in [6.45, 7) is 3.35. The molecule has 1 saturated carbocycles. The second kappa shape index (κ2) is 4.81. The number of carbonyl (C=O) groups is 1. The number of sulfonamides is 1. The molecule has 7 nitrogen and oxygen atoms in total. The molecule has 1 aliphatic carbocycles. The summed E-state index contributed by atoms with van der Waals surface area (Å²) in [5.74, 6) is -0.812. The van der Waals surface area contributed by atoms with Gasteiger partial charge in [-0.1, -0.05) is 11.6 Å². The summed E-state index contributed by atoms with van der Waals surface area (Å²) in [6, 6.07) is -0.976. The van der Waals surface area contributed by atoms with Crippen LogP contribution in [0.15, 0.2) is 9.42 Å². The predicted octanol–water partition coefficient (Wildman–Crippen LogP) is 1.17. The fraction of sp³-hybridized carbons (Fsp3) is 0.692. The van der Waals surface area contributed by atoms with Gasteiger partial charge in [-0.05, 0) is 38.5 Å². The Morgan fingerprint density at radius 3 is 2.67 bits per heavy atom. The summed E-state index contributed by atoms with van der Waals surface area (Å²) in [7, 11) is -3.90. The molecule has 1 saturated heterocycles. The first-order chi connectivity index (χ1) is 9.84. The molecule has 116 valence electrons. The monoisotopic (exact) mass is 314 g/mol. The van der Waals surface area contributed by atoms with E-state index >= 15 is 0 Å². The van der Waals surface area contributed by atoms with Crippen molar-refractivity contribution >= 4 is 16.0 Å². The Balaban J connectivity index is 2.05. The van der Waals surface area contributed by atoms with E-state index in [4.69, 9.17) is 4.52 Å². The fourth-order valence-corrected chi connectivity index (χ4v) is 5.76. The average molecular weight is 314 g/mol. The number of rotatable bonds is 3. The minimum Gasteiger partial charge on any atom is -0.480 e. The van der Waals surface area contributed by atoms with Gasteiger partial charge in [0.25, 0.3) is 0 Å². The first kappa shape index (κ1) is 14.5. The van der Waals surface area contributed by atoms with Crippen LogP contribution in [0.2, 0.25) is 0 Å². The first-order valence-corrected chi connectivity index (χ1v) is 8.45. The van der Waals surface area contributed by atoms with E-state index in [0.29, 0.717) is 0 Å². The van der Waals surface area contributed by atoms with Crippen molar-refractivity contribution in [3.63, 3.8) is 0 Å². The Morgan fingerprint density at radius 1 is 1.38 bits per heavy atom. The SMILES string of the molecule is Cc1noc(C)c1S(=O)(=O)N1CC2CCCC2C1C(=O)O. The van der Waals surface area contributed by atoms with Gasteiger partial charge in [0, 0.05) is 6.54 Å². The molecular formula is C13H18N2O5S. The Kier molecular flexibility index (Phi) is 3.32. The van der Waals surface area contributed by atoms with Crippen LogP contribution in [0.4, 0.5) is 0 Å². The highest BCUT2D eigenvalue weighted by atomic mass is 32.2. The number of nitrogens with zero attached hydrogens (tertiary/aromatic N) is 2. The summed E-state index contributed by atoms with van der Waals surface area (Å²) < 4.78 is 31.8. The summed E-state index contributed by atoms with van der Waals surface area (Å²) in [6.07, 6.45) is 2.63. The van der Waals surface area contributed by atoms with Gasteiger partial charge in [-0.3, -0.25) is 4.79 Å². The lowest BCUT2D eigenvalue weighted by molar-refractivity contribution is -0.142. The second-order valence-corrected chi connectivity index (χ2v) is 7.69. The van der Waals surface area contributed by atoms with E-state index in [1.54, 1.807) is 6.92 Å². The molecule has 0 amide bonds. The van der Waals surface area contributed by atoms with Crippen LogP contribution >= 0.6 is 0 Å². The first-order valence-electron chi connectivity index (χ1n) is 7.01. The van der Waals surface area contributed by atoms with Crippen LogP contribution in [0.1, 0.15) is 30.7 Å². The van der Waals surface area contributed by atoms with Gasteiger partial charge < -0.3 is 9.63 Å². The van der Waals surface area contributed by atoms with E-state index in [1.807, 2.05) is 0 Å². The molecule has 2 heterocycles. The van der Waals surface area contributed by atoms with Crippen LogP contribution < -0.4 is 0 Å². The summed E-state index contributed by atoms with van der Waals surface area (Å²) in [4.78, 5) is 11.6. The highest BCUT2D eigenvalue weighted by Crippen LogP contribution is 2.44. The minimum atomic E-state index is -3.90.